The number of aromatic carboxylic acids is 1. The van der Waals surface area contributed by atoms with E-state index in [1.54, 1.807) is 11.4 Å². The number of thiophene rings is 1. The van der Waals surface area contributed by atoms with Crippen LogP contribution in [0.3, 0.4) is 0 Å². The van der Waals surface area contributed by atoms with Gasteiger partial charge in [-0.2, -0.15) is 0 Å². The summed E-state index contributed by atoms with van der Waals surface area (Å²) in [5.74, 6) is -0.994. The summed E-state index contributed by atoms with van der Waals surface area (Å²) in [4.78, 5) is 22.0. The molecule has 0 aliphatic heterocycles. The Labute approximate surface area is 96.4 Å². The summed E-state index contributed by atoms with van der Waals surface area (Å²) in [6.07, 6.45) is 0.856. The van der Waals surface area contributed by atoms with E-state index in [1.807, 2.05) is 0 Å². The Morgan fingerprint density at radius 2 is 2.38 bits per heavy atom. The van der Waals surface area contributed by atoms with Crippen LogP contribution in [0.25, 0.3) is 0 Å². The summed E-state index contributed by atoms with van der Waals surface area (Å²) in [6.45, 7) is 3.67. The van der Waals surface area contributed by atoms with Gasteiger partial charge in [0.25, 0.3) is 0 Å². The fourth-order valence-corrected chi connectivity index (χ4v) is 1.78. The first-order chi connectivity index (χ1) is 7.65. The smallest absolute Gasteiger partial charge is 0.407 e. The van der Waals surface area contributed by atoms with E-state index in [2.05, 4.69) is 16.6 Å². The molecule has 0 aliphatic carbocycles. The van der Waals surface area contributed by atoms with Crippen LogP contribution in [0.4, 0.5) is 4.79 Å². The quantitative estimate of drug-likeness (QED) is 0.771. The van der Waals surface area contributed by atoms with Gasteiger partial charge in [0.05, 0.1) is 0 Å². The summed E-state index contributed by atoms with van der Waals surface area (Å²) in [7, 11) is 0. The maximum Gasteiger partial charge on any atom is 0.407 e. The molecule has 0 fully saturated rings. The number of ether oxygens (including phenoxy) is 1. The maximum atomic E-state index is 11.1. The molecule has 1 heterocycles. The van der Waals surface area contributed by atoms with Crippen LogP contribution in [0, 0.1) is 0 Å². The van der Waals surface area contributed by atoms with Crippen LogP contribution >= 0.6 is 11.3 Å². The monoisotopic (exact) mass is 241 g/mol. The third-order valence-corrected chi connectivity index (χ3v) is 2.64. The molecule has 0 aromatic carbocycles. The molecule has 0 spiro atoms. The number of hydrogen-bond donors (Lipinski definition) is 2. The summed E-state index contributed by atoms with van der Waals surface area (Å²) >= 11 is 1.12. The van der Waals surface area contributed by atoms with E-state index in [9.17, 15) is 9.59 Å². The molecular weight excluding hydrogens is 230 g/mol. The molecule has 2 N–H and O–H groups in total. The molecule has 5 nitrogen and oxygen atoms in total. The number of rotatable bonds is 5. The second-order valence-corrected chi connectivity index (χ2v) is 3.74. The van der Waals surface area contributed by atoms with Crippen molar-refractivity contribution in [3.63, 3.8) is 0 Å². The summed E-state index contributed by atoms with van der Waals surface area (Å²) in [5, 5.41) is 12.9. The van der Waals surface area contributed by atoms with Crippen molar-refractivity contribution < 1.29 is 19.4 Å². The standard InChI is InChI=1S/C10H11NO4S/c1-2-4-15-10(14)11-6-7-3-5-16-8(7)9(12)13/h2-3,5H,1,4,6H2,(H,11,14)(H,12,13). The van der Waals surface area contributed by atoms with Crippen LogP contribution < -0.4 is 5.32 Å². The molecule has 1 amide bonds. The first kappa shape index (κ1) is 12.3. The van der Waals surface area contributed by atoms with Crippen molar-refractivity contribution in [2.75, 3.05) is 6.61 Å². The SMILES string of the molecule is C=CCOC(=O)NCc1ccsc1C(=O)O. The molecule has 0 bridgehead atoms. The molecule has 16 heavy (non-hydrogen) atoms. The van der Waals surface area contributed by atoms with Gasteiger partial charge < -0.3 is 15.2 Å². The van der Waals surface area contributed by atoms with E-state index in [-0.39, 0.29) is 18.0 Å². The molecule has 0 unspecified atom stereocenters. The molecule has 0 aliphatic rings. The lowest BCUT2D eigenvalue weighted by molar-refractivity contribution is 0.0700. The second kappa shape index (κ2) is 5.92. The molecule has 1 aromatic rings. The normalized spacial score (nSPS) is 9.50. The van der Waals surface area contributed by atoms with Gasteiger partial charge in [-0.1, -0.05) is 12.7 Å². The Morgan fingerprint density at radius 1 is 1.62 bits per heavy atom. The number of amides is 1. The zero-order chi connectivity index (χ0) is 12.0. The summed E-state index contributed by atoms with van der Waals surface area (Å²) in [6, 6.07) is 1.65. The van der Waals surface area contributed by atoms with Crippen molar-refractivity contribution in [3.05, 3.63) is 34.5 Å². The van der Waals surface area contributed by atoms with Crippen LogP contribution in [0.5, 0.6) is 0 Å². The third-order valence-electron chi connectivity index (χ3n) is 1.70. The van der Waals surface area contributed by atoms with E-state index in [0.717, 1.165) is 11.3 Å². The third kappa shape index (κ3) is 3.39. The lowest BCUT2D eigenvalue weighted by Gasteiger charge is -2.04. The fraction of sp³-hybridized carbons (Fsp3) is 0.200. The average molecular weight is 241 g/mol. The van der Waals surface area contributed by atoms with Gasteiger partial charge in [-0.25, -0.2) is 9.59 Å². The summed E-state index contributed by atoms with van der Waals surface area (Å²) < 4.78 is 4.68. The van der Waals surface area contributed by atoms with Gasteiger partial charge in [-0.15, -0.1) is 11.3 Å². The van der Waals surface area contributed by atoms with E-state index >= 15 is 0 Å². The number of carbonyl (C=O) groups is 2. The lowest BCUT2D eigenvalue weighted by atomic mass is 10.2. The van der Waals surface area contributed by atoms with E-state index in [1.165, 1.54) is 6.08 Å². The number of carbonyl (C=O) groups excluding carboxylic acids is 1. The topological polar surface area (TPSA) is 75.6 Å². The Kier molecular flexibility index (Phi) is 4.53. The number of hydrogen-bond acceptors (Lipinski definition) is 4. The fourth-order valence-electron chi connectivity index (χ4n) is 1.02. The molecule has 0 radical (unpaired) electrons. The van der Waals surface area contributed by atoms with Crippen LogP contribution in [-0.4, -0.2) is 23.8 Å². The zero-order valence-corrected chi connectivity index (χ0v) is 9.25. The van der Waals surface area contributed by atoms with Gasteiger partial charge in [0.15, 0.2) is 0 Å². The van der Waals surface area contributed by atoms with Gasteiger partial charge in [-0.3, -0.25) is 0 Å². The Hall–Kier alpha value is -1.82. The average Bonchev–Trinajstić information content (AvgIpc) is 2.71. The van der Waals surface area contributed by atoms with E-state index in [0.29, 0.717) is 5.56 Å². The lowest BCUT2D eigenvalue weighted by Crippen LogP contribution is -2.24. The van der Waals surface area contributed by atoms with E-state index in [4.69, 9.17) is 5.11 Å². The van der Waals surface area contributed by atoms with Crippen molar-refractivity contribution in [2.24, 2.45) is 0 Å². The predicted octanol–water partition coefficient (Wildman–Crippen LogP) is 1.86. The number of carboxylic acids is 1. The van der Waals surface area contributed by atoms with Gasteiger partial charge >= 0.3 is 12.1 Å². The first-order valence-electron chi connectivity index (χ1n) is 4.46. The largest absolute Gasteiger partial charge is 0.477 e. The molecule has 1 rings (SSSR count). The number of alkyl carbamates (subject to hydrolysis) is 1. The molecule has 6 heteroatoms. The zero-order valence-electron chi connectivity index (χ0n) is 8.43. The molecule has 1 aromatic heterocycles. The highest BCUT2D eigenvalue weighted by molar-refractivity contribution is 7.12. The number of carboxylic acid groups (broad SMARTS) is 1. The Balaban J connectivity index is 2.48. The van der Waals surface area contributed by atoms with Crippen LogP contribution in [-0.2, 0) is 11.3 Å². The minimum absolute atomic E-state index is 0.126. The molecule has 86 valence electrons. The second-order valence-electron chi connectivity index (χ2n) is 2.82. The molecule has 0 atom stereocenters. The Bertz CT molecular complexity index is 399. The van der Waals surface area contributed by atoms with Gasteiger partial charge in [0, 0.05) is 6.54 Å². The number of nitrogens with one attached hydrogen (secondary N) is 1. The van der Waals surface area contributed by atoms with Crippen molar-refractivity contribution >= 4 is 23.4 Å². The highest BCUT2D eigenvalue weighted by Gasteiger charge is 2.12. The Morgan fingerprint density at radius 3 is 3.00 bits per heavy atom. The van der Waals surface area contributed by atoms with Crippen LogP contribution in [0.2, 0.25) is 0 Å². The first-order valence-corrected chi connectivity index (χ1v) is 5.34. The maximum absolute atomic E-state index is 11.1. The predicted molar refractivity (Wildman–Crippen MR) is 59.7 cm³/mol. The highest BCUT2D eigenvalue weighted by Crippen LogP contribution is 2.16. The van der Waals surface area contributed by atoms with Gasteiger partial charge in [0.2, 0.25) is 0 Å². The van der Waals surface area contributed by atoms with Crippen molar-refractivity contribution in [1.29, 1.82) is 0 Å². The highest BCUT2D eigenvalue weighted by atomic mass is 32.1. The minimum atomic E-state index is -0.994. The van der Waals surface area contributed by atoms with Crippen molar-refractivity contribution in [2.45, 2.75) is 6.54 Å². The van der Waals surface area contributed by atoms with Crippen LogP contribution in [0.15, 0.2) is 24.1 Å². The van der Waals surface area contributed by atoms with Crippen molar-refractivity contribution in [3.8, 4) is 0 Å². The van der Waals surface area contributed by atoms with Gasteiger partial charge in [0.1, 0.15) is 11.5 Å². The van der Waals surface area contributed by atoms with Crippen molar-refractivity contribution in [1.82, 2.24) is 5.32 Å². The minimum Gasteiger partial charge on any atom is -0.477 e. The van der Waals surface area contributed by atoms with Crippen LogP contribution in [0.1, 0.15) is 15.2 Å². The molecule has 0 saturated heterocycles. The summed E-state index contributed by atoms with van der Waals surface area (Å²) in [5.41, 5.74) is 0.563. The molecule has 0 saturated carbocycles. The molecular formula is C10H11NO4S. The van der Waals surface area contributed by atoms with E-state index < -0.39 is 12.1 Å². The van der Waals surface area contributed by atoms with Gasteiger partial charge in [-0.05, 0) is 17.0 Å².